The standard InChI is InChI=1S/C23H28N2O3/c1-17-14-25(15-19-6-4-3-5-7-19)13-12-22(17)24-23(27)16-28-21-10-8-20(9-11-21)18(2)26/h3-11,17,22H,12-16H2,1-2H3,(H,24,27)/t17-,22+/m0/s1. The van der Waals surface area contributed by atoms with Gasteiger partial charge in [0.2, 0.25) is 0 Å². The maximum absolute atomic E-state index is 12.3. The molecule has 1 saturated heterocycles. The van der Waals surface area contributed by atoms with Crippen LogP contribution in [-0.4, -0.2) is 42.3 Å². The molecule has 1 amide bonds. The van der Waals surface area contributed by atoms with Crippen LogP contribution in [0.3, 0.4) is 0 Å². The minimum Gasteiger partial charge on any atom is -0.484 e. The normalized spacial score (nSPS) is 19.8. The molecule has 0 saturated carbocycles. The Labute approximate surface area is 166 Å². The molecule has 1 heterocycles. The van der Waals surface area contributed by atoms with Crippen molar-refractivity contribution in [3.8, 4) is 5.75 Å². The Morgan fingerprint density at radius 1 is 1.11 bits per heavy atom. The number of piperidine rings is 1. The summed E-state index contributed by atoms with van der Waals surface area (Å²) in [6.45, 7) is 6.57. The number of carbonyl (C=O) groups excluding carboxylic acids is 2. The molecule has 1 aliphatic rings. The van der Waals surface area contributed by atoms with Gasteiger partial charge in [-0.3, -0.25) is 14.5 Å². The Morgan fingerprint density at radius 3 is 2.46 bits per heavy atom. The predicted octanol–water partition coefficient (Wildman–Crippen LogP) is 3.29. The maximum Gasteiger partial charge on any atom is 0.258 e. The van der Waals surface area contributed by atoms with Crippen molar-refractivity contribution in [3.05, 3.63) is 65.7 Å². The van der Waals surface area contributed by atoms with Crippen LogP contribution in [0.1, 0.15) is 36.2 Å². The number of Topliss-reactive ketones (excluding diaryl/α,β-unsaturated/α-hetero) is 1. The minimum absolute atomic E-state index is 0.0110. The maximum atomic E-state index is 12.3. The van der Waals surface area contributed by atoms with E-state index in [4.69, 9.17) is 4.74 Å². The molecule has 3 rings (SSSR count). The first-order chi connectivity index (χ1) is 13.5. The largest absolute Gasteiger partial charge is 0.484 e. The molecule has 148 valence electrons. The Morgan fingerprint density at radius 2 is 1.82 bits per heavy atom. The lowest BCUT2D eigenvalue weighted by Crippen LogP contribution is -2.50. The smallest absolute Gasteiger partial charge is 0.258 e. The molecule has 1 N–H and O–H groups in total. The molecule has 1 aliphatic heterocycles. The van der Waals surface area contributed by atoms with Gasteiger partial charge in [0.1, 0.15) is 5.75 Å². The lowest BCUT2D eigenvalue weighted by Gasteiger charge is -2.37. The van der Waals surface area contributed by atoms with E-state index in [0.717, 1.165) is 26.1 Å². The Bertz CT molecular complexity index is 789. The molecule has 0 aromatic heterocycles. The fourth-order valence-electron chi connectivity index (χ4n) is 3.61. The topological polar surface area (TPSA) is 58.6 Å². The van der Waals surface area contributed by atoms with E-state index in [-0.39, 0.29) is 24.3 Å². The van der Waals surface area contributed by atoms with Crippen molar-refractivity contribution in [2.75, 3.05) is 19.7 Å². The highest BCUT2D eigenvalue weighted by molar-refractivity contribution is 5.94. The van der Waals surface area contributed by atoms with Gasteiger partial charge in [-0.2, -0.15) is 0 Å². The lowest BCUT2D eigenvalue weighted by atomic mass is 9.93. The highest BCUT2D eigenvalue weighted by Crippen LogP contribution is 2.19. The van der Waals surface area contributed by atoms with E-state index in [1.54, 1.807) is 24.3 Å². The first-order valence-corrected chi connectivity index (χ1v) is 9.80. The number of benzene rings is 2. The van der Waals surface area contributed by atoms with Gasteiger partial charge < -0.3 is 10.1 Å². The van der Waals surface area contributed by atoms with Gasteiger partial charge in [-0.25, -0.2) is 0 Å². The molecule has 2 aromatic carbocycles. The van der Waals surface area contributed by atoms with E-state index in [2.05, 4.69) is 41.4 Å². The molecule has 0 bridgehead atoms. The monoisotopic (exact) mass is 380 g/mol. The van der Waals surface area contributed by atoms with E-state index < -0.39 is 0 Å². The molecule has 2 atom stereocenters. The zero-order valence-corrected chi connectivity index (χ0v) is 16.6. The van der Waals surface area contributed by atoms with Gasteiger partial charge in [0, 0.05) is 31.2 Å². The Balaban J connectivity index is 1.42. The fraction of sp³-hybridized carbons (Fsp3) is 0.391. The summed E-state index contributed by atoms with van der Waals surface area (Å²) >= 11 is 0. The van der Waals surface area contributed by atoms with Gasteiger partial charge in [0.25, 0.3) is 5.91 Å². The summed E-state index contributed by atoms with van der Waals surface area (Å²) in [7, 11) is 0. The number of nitrogens with zero attached hydrogens (tertiary/aromatic N) is 1. The summed E-state index contributed by atoms with van der Waals surface area (Å²) in [5, 5.41) is 3.11. The first kappa shape index (κ1) is 20.1. The second kappa shape index (κ2) is 9.51. The van der Waals surface area contributed by atoms with E-state index in [1.165, 1.54) is 12.5 Å². The predicted molar refractivity (Wildman–Crippen MR) is 109 cm³/mol. The zero-order valence-electron chi connectivity index (χ0n) is 16.6. The Hall–Kier alpha value is -2.66. The van der Waals surface area contributed by atoms with Gasteiger partial charge in [-0.1, -0.05) is 37.3 Å². The quantitative estimate of drug-likeness (QED) is 0.749. The average molecular weight is 380 g/mol. The molecule has 5 heteroatoms. The third-order valence-corrected chi connectivity index (χ3v) is 5.22. The van der Waals surface area contributed by atoms with Crippen LogP contribution >= 0.6 is 0 Å². The number of rotatable bonds is 7. The third kappa shape index (κ3) is 5.67. The van der Waals surface area contributed by atoms with Crippen molar-refractivity contribution < 1.29 is 14.3 Å². The average Bonchev–Trinajstić information content (AvgIpc) is 2.69. The van der Waals surface area contributed by atoms with Crippen LogP contribution < -0.4 is 10.1 Å². The molecular weight excluding hydrogens is 352 g/mol. The summed E-state index contributed by atoms with van der Waals surface area (Å²) in [6, 6.07) is 17.5. The van der Waals surface area contributed by atoms with Gasteiger partial charge >= 0.3 is 0 Å². The second-order valence-corrected chi connectivity index (χ2v) is 7.53. The van der Waals surface area contributed by atoms with E-state index in [0.29, 0.717) is 17.2 Å². The fourth-order valence-corrected chi connectivity index (χ4v) is 3.61. The third-order valence-electron chi connectivity index (χ3n) is 5.22. The van der Waals surface area contributed by atoms with Gasteiger partial charge in [-0.05, 0) is 49.1 Å². The minimum atomic E-state index is -0.107. The van der Waals surface area contributed by atoms with Gasteiger partial charge in [0.15, 0.2) is 12.4 Å². The number of hydrogen-bond donors (Lipinski definition) is 1. The summed E-state index contributed by atoms with van der Waals surface area (Å²) in [5.74, 6) is 0.878. The zero-order chi connectivity index (χ0) is 19.9. The summed E-state index contributed by atoms with van der Waals surface area (Å²) < 4.78 is 5.55. The SMILES string of the molecule is CC(=O)c1ccc(OCC(=O)N[C@@H]2CCN(Cc3ccccc3)C[C@@H]2C)cc1. The van der Waals surface area contributed by atoms with Crippen LogP contribution in [0, 0.1) is 5.92 Å². The van der Waals surface area contributed by atoms with Crippen molar-refractivity contribution >= 4 is 11.7 Å². The van der Waals surface area contributed by atoms with Crippen molar-refractivity contribution in [1.82, 2.24) is 10.2 Å². The van der Waals surface area contributed by atoms with Crippen LogP contribution in [0.5, 0.6) is 5.75 Å². The second-order valence-electron chi connectivity index (χ2n) is 7.53. The van der Waals surface area contributed by atoms with Crippen LogP contribution in [0.2, 0.25) is 0 Å². The summed E-state index contributed by atoms with van der Waals surface area (Å²) in [4.78, 5) is 26.0. The van der Waals surface area contributed by atoms with Gasteiger partial charge in [-0.15, -0.1) is 0 Å². The molecule has 28 heavy (non-hydrogen) atoms. The van der Waals surface area contributed by atoms with Crippen LogP contribution in [0.25, 0.3) is 0 Å². The first-order valence-electron chi connectivity index (χ1n) is 9.80. The number of hydrogen-bond acceptors (Lipinski definition) is 4. The molecule has 0 spiro atoms. The number of amides is 1. The van der Waals surface area contributed by atoms with Gasteiger partial charge in [0.05, 0.1) is 0 Å². The van der Waals surface area contributed by atoms with Crippen molar-refractivity contribution in [2.45, 2.75) is 32.9 Å². The molecule has 0 radical (unpaired) electrons. The van der Waals surface area contributed by atoms with E-state index in [9.17, 15) is 9.59 Å². The van der Waals surface area contributed by atoms with Crippen molar-refractivity contribution in [1.29, 1.82) is 0 Å². The summed E-state index contributed by atoms with van der Waals surface area (Å²) in [6.07, 6.45) is 0.938. The molecule has 0 aliphatic carbocycles. The summed E-state index contributed by atoms with van der Waals surface area (Å²) in [5.41, 5.74) is 1.95. The lowest BCUT2D eigenvalue weighted by molar-refractivity contribution is -0.124. The molecular formula is C23H28N2O3. The Kier molecular flexibility index (Phi) is 6.82. The van der Waals surface area contributed by atoms with Crippen LogP contribution in [-0.2, 0) is 11.3 Å². The van der Waals surface area contributed by atoms with Crippen LogP contribution in [0.4, 0.5) is 0 Å². The highest BCUT2D eigenvalue weighted by atomic mass is 16.5. The van der Waals surface area contributed by atoms with E-state index in [1.807, 2.05) is 6.07 Å². The number of carbonyl (C=O) groups is 2. The molecule has 5 nitrogen and oxygen atoms in total. The van der Waals surface area contributed by atoms with Crippen molar-refractivity contribution in [3.63, 3.8) is 0 Å². The molecule has 2 aromatic rings. The number of likely N-dealkylation sites (tertiary alicyclic amines) is 1. The van der Waals surface area contributed by atoms with Crippen molar-refractivity contribution in [2.24, 2.45) is 5.92 Å². The molecule has 0 unspecified atom stereocenters. The number of ketones is 1. The number of nitrogens with one attached hydrogen (secondary N) is 1. The molecule has 1 fully saturated rings. The number of ether oxygens (including phenoxy) is 1. The van der Waals surface area contributed by atoms with E-state index >= 15 is 0 Å². The van der Waals surface area contributed by atoms with Crippen LogP contribution in [0.15, 0.2) is 54.6 Å². The highest BCUT2D eigenvalue weighted by Gasteiger charge is 2.27.